The van der Waals surface area contributed by atoms with Crippen molar-refractivity contribution in [2.75, 3.05) is 20.3 Å². The summed E-state index contributed by atoms with van der Waals surface area (Å²) in [6.45, 7) is -0.308. The van der Waals surface area contributed by atoms with Crippen LogP contribution in [0.15, 0.2) is 30.3 Å². The molecule has 13 heteroatoms. The fourth-order valence-electron chi connectivity index (χ4n) is 3.74. The molecule has 204 valence electrons. The molecule has 0 saturated carbocycles. The summed E-state index contributed by atoms with van der Waals surface area (Å²) in [6, 6.07) is 9.22. The summed E-state index contributed by atoms with van der Waals surface area (Å²) in [5, 5.41) is 0. The summed E-state index contributed by atoms with van der Waals surface area (Å²) >= 11 is 0. The van der Waals surface area contributed by atoms with Gasteiger partial charge >= 0.3 is 24.3 Å². The van der Waals surface area contributed by atoms with E-state index in [1.807, 2.05) is 30.3 Å². The van der Waals surface area contributed by atoms with E-state index in [1.165, 1.54) is 7.11 Å². The van der Waals surface area contributed by atoms with Gasteiger partial charge in [0.15, 0.2) is 25.4 Å². The molecule has 0 N–H and O–H groups in total. The Morgan fingerprint density at radius 2 is 1.44 bits per heavy atom. The lowest BCUT2D eigenvalue weighted by Gasteiger charge is -2.44. The van der Waals surface area contributed by atoms with Gasteiger partial charge in [0.1, 0.15) is 6.10 Å². The molecule has 1 aromatic rings. The molecule has 0 aromatic heterocycles. The van der Waals surface area contributed by atoms with Crippen LogP contribution in [0.3, 0.4) is 0 Å². The molecule has 1 heterocycles. The van der Waals surface area contributed by atoms with Gasteiger partial charge in [-0.2, -0.15) is 26.3 Å². The van der Waals surface area contributed by atoms with Crippen molar-refractivity contribution < 1.29 is 59.6 Å². The third kappa shape index (κ3) is 9.25. The lowest BCUT2D eigenvalue weighted by Crippen LogP contribution is -2.52. The van der Waals surface area contributed by atoms with Gasteiger partial charge in [-0.15, -0.1) is 0 Å². The van der Waals surface area contributed by atoms with Crippen LogP contribution in [0.1, 0.15) is 25.8 Å². The van der Waals surface area contributed by atoms with Crippen molar-refractivity contribution in [1.82, 2.24) is 0 Å². The van der Waals surface area contributed by atoms with Crippen molar-refractivity contribution in [3.8, 4) is 0 Å². The Balaban J connectivity index is 2.14. The van der Waals surface area contributed by atoms with Crippen molar-refractivity contribution in [3.05, 3.63) is 35.9 Å². The van der Waals surface area contributed by atoms with Gasteiger partial charge < -0.3 is 23.7 Å². The highest BCUT2D eigenvalue weighted by molar-refractivity contribution is 5.95. The first kappa shape index (κ1) is 29.8. The Hall–Kier alpha value is -2.38. The molecule has 1 fully saturated rings. The number of ether oxygens (including phenoxy) is 5. The van der Waals surface area contributed by atoms with E-state index in [1.54, 1.807) is 13.8 Å². The van der Waals surface area contributed by atoms with E-state index < -0.39 is 74.3 Å². The first-order valence-corrected chi connectivity index (χ1v) is 11.0. The molecule has 2 unspecified atom stereocenters. The van der Waals surface area contributed by atoms with Crippen LogP contribution in [-0.4, -0.2) is 63.1 Å². The van der Waals surface area contributed by atoms with E-state index >= 15 is 0 Å². The van der Waals surface area contributed by atoms with Gasteiger partial charge in [0, 0.05) is 7.11 Å². The maximum atomic E-state index is 12.5. The predicted molar refractivity (Wildman–Crippen MR) is 111 cm³/mol. The van der Waals surface area contributed by atoms with Crippen molar-refractivity contribution in [1.29, 1.82) is 0 Å². The zero-order valence-corrected chi connectivity index (χ0v) is 19.8. The lowest BCUT2D eigenvalue weighted by molar-refractivity contribution is -0.277. The van der Waals surface area contributed by atoms with Crippen LogP contribution in [0.25, 0.3) is 0 Å². The topological polar surface area (TPSA) is 80.3 Å². The summed E-state index contributed by atoms with van der Waals surface area (Å²) in [7, 11) is 1.33. The maximum absolute atomic E-state index is 12.5. The van der Waals surface area contributed by atoms with Gasteiger partial charge in [-0.1, -0.05) is 44.2 Å². The minimum absolute atomic E-state index is 0.229. The molecule has 0 amide bonds. The SMILES string of the molecule is CO[C@H]1OC(CC(C(=O)OCC(F)(F)F)C(=O)OCC(F)(F)F)[C@@H](C)[C@H](C)C1OCc1ccccc1. The minimum Gasteiger partial charge on any atom is -0.455 e. The molecule has 1 aromatic carbocycles. The second-order valence-electron chi connectivity index (χ2n) is 8.49. The highest BCUT2D eigenvalue weighted by Gasteiger charge is 2.46. The number of halogens is 6. The summed E-state index contributed by atoms with van der Waals surface area (Å²) < 4.78 is 100. The maximum Gasteiger partial charge on any atom is 0.422 e. The Morgan fingerprint density at radius 3 is 1.92 bits per heavy atom. The smallest absolute Gasteiger partial charge is 0.422 e. The van der Waals surface area contributed by atoms with Crippen LogP contribution in [-0.2, 0) is 39.9 Å². The van der Waals surface area contributed by atoms with Gasteiger partial charge in [-0.05, 0) is 23.8 Å². The minimum atomic E-state index is -4.90. The zero-order valence-electron chi connectivity index (χ0n) is 19.8. The normalized spacial score (nSPS) is 25.0. The Labute approximate surface area is 204 Å². The van der Waals surface area contributed by atoms with E-state index in [0.29, 0.717) is 0 Å². The number of hydrogen-bond donors (Lipinski definition) is 0. The molecule has 0 radical (unpaired) electrons. The standard InChI is InChI=1S/C23H28F6O7/c1-13-14(2)18(33-10-15-7-5-4-6-8-15)21(32-3)36-17(13)9-16(19(30)34-11-22(24,25)26)20(31)35-12-23(27,28)29/h4-8,13-14,16-18,21H,9-12H2,1-3H3/t13-,14-,17?,18?,21-/m0/s1. The van der Waals surface area contributed by atoms with Crippen molar-refractivity contribution in [3.63, 3.8) is 0 Å². The summed E-state index contributed by atoms with van der Waals surface area (Å²) in [6.07, 6.45) is -12.9. The van der Waals surface area contributed by atoms with Crippen LogP contribution in [0.5, 0.6) is 0 Å². The third-order valence-electron chi connectivity index (χ3n) is 5.82. The molecule has 1 aliphatic heterocycles. The number of benzene rings is 1. The van der Waals surface area contributed by atoms with Crippen LogP contribution in [0.4, 0.5) is 26.3 Å². The zero-order chi connectivity index (χ0) is 27.1. The fraction of sp³-hybridized carbons (Fsp3) is 0.652. The lowest BCUT2D eigenvalue weighted by atomic mass is 9.80. The van der Waals surface area contributed by atoms with Crippen LogP contribution < -0.4 is 0 Å². The molecule has 0 spiro atoms. The van der Waals surface area contributed by atoms with Crippen molar-refractivity contribution >= 4 is 11.9 Å². The van der Waals surface area contributed by atoms with Crippen LogP contribution >= 0.6 is 0 Å². The second-order valence-corrected chi connectivity index (χ2v) is 8.49. The number of esters is 2. The molecule has 0 bridgehead atoms. The second kappa shape index (κ2) is 12.7. The number of hydrogen-bond acceptors (Lipinski definition) is 7. The Kier molecular flexibility index (Phi) is 10.6. The largest absolute Gasteiger partial charge is 0.455 e. The predicted octanol–water partition coefficient (Wildman–Crippen LogP) is 4.43. The number of rotatable bonds is 10. The average molecular weight is 530 g/mol. The summed E-state index contributed by atoms with van der Waals surface area (Å²) in [4.78, 5) is 24.6. The molecular weight excluding hydrogens is 502 g/mol. The molecule has 0 aliphatic carbocycles. The Bertz CT molecular complexity index is 814. The van der Waals surface area contributed by atoms with Gasteiger partial charge in [-0.3, -0.25) is 9.59 Å². The summed E-state index contributed by atoms with van der Waals surface area (Å²) in [5.41, 5.74) is 0.884. The quantitative estimate of drug-likeness (QED) is 0.252. The van der Waals surface area contributed by atoms with Crippen molar-refractivity contribution in [2.24, 2.45) is 17.8 Å². The molecular formula is C23H28F6O7. The van der Waals surface area contributed by atoms with E-state index in [0.717, 1.165) is 5.56 Å². The number of carbonyl (C=O) groups excluding carboxylic acids is 2. The van der Waals surface area contributed by atoms with Gasteiger partial charge in [0.05, 0.1) is 12.7 Å². The highest BCUT2D eigenvalue weighted by Crippen LogP contribution is 2.36. The monoisotopic (exact) mass is 530 g/mol. The van der Waals surface area contributed by atoms with Crippen molar-refractivity contribution in [2.45, 2.75) is 57.7 Å². The van der Waals surface area contributed by atoms with Gasteiger partial charge in [0.2, 0.25) is 0 Å². The molecule has 2 rings (SSSR count). The van der Waals surface area contributed by atoms with Gasteiger partial charge in [0.25, 0.3) is 0 Å². The third-order valence-corrected chi connectivity index (χ3v) is 5.82. The van der Waals surface area contributed by atoms with Gasteiger partial charge in [-0.25, -0.2) is 0 Å². The molecule has 36 heavy (non-hydrogen) atoms. The first-order valence-electron chi connectivity index (χ1n) is 11.0. The molecule has 1 saturated heterocycles. The molecule has 1 aliphatic rings. The summed E-state index contributed by atoms with van der Waals surface area (Å²) in [5.74, 6) is -6.15. The van der Waals surface area contributed by atoms with Crippen LogP contribution in [0, 0.1) is 17.8 Å². The first-order chi connectivity index (χ1) is 16.7. The Morgan fingerprint density at radius 1 is 0.917 bits per heavy atom. The van der Waals surface area contributed by atoms with E-state index in [9.17, 15) is 35.9 Å². The van der Waals surface area contributed by atoms with E-state index in [2.05, 4.69) is 9.47 Å². The molecule has 7 nitrogen and oxygen atoms in total. The van der Waals surface area contributed by atoms with E-state index in [4.69, 9.17) is 14.2 Å². The van der Waals surface area contributed by atoms with Crippen LogP contribution in [0.2, 0.25) is 0 Å². The van der Waals surface area contributed by atoms with E-state index in [-0.39, 0.29) is 12.5 Å². The fourth-order valence-corrected chi connectivity index (χ4v) is 3.74. The number of methoxy groups -OCH3 is 1. The number of carbonyl (C=O) groups is 2. The number of alkyl halides is 6. The average Bonchev–Trinajstić information content (AvgIpc) is 2.80. The molecule has 5 atom stereocenters. The highest BCUT2D eigenvalue weighted by atomic mass is 19.4.